The van der Waals surface area contributed by atoms with Crippen LogP contribution in [0.25, 0.3) is 0 Å². The number of ether oxygens (including phenoxy) is 4. The zero-order valence-corrected chi connectivity index (χ0v) is 30.3. The molecule has 13 nitrogen and oxygen atoms in total. The highest BCUT2D eigenvalue weighted by molar-refractivity contribution is 5.93. The van der Waals surface area contributed by atoms with Crippen LogP contribution in [0.1, 0.15) is 102 Å². The second-order valence-electron chi connectivity index (χ2n) is 15.1. The van der Waals surface area contributed by atoms with Gasteiger partial charge in [-0.15, -0.1) is 0 Å². The third-order valence-electron chi connectivity index (χ3n) is 8.16. The molecule has 2 unspecified atom stereocenters. The second kappa shape index (κ2) is 16.2. The van der Waals surface area contributed by atoms with Gasteiger partial charge in [-0.2, -0.15) is 0 Å². The van der Waals surface area contributed by atoms with Gasteiger partial charge < -0.3 is 39.8 Å². The van der Waals surface area contributed by atoms with E-state index >= 15 is 0 Å². The van der Waals surface area contributed by atoms with Gasteiger partial charge in [-0.1, -0.05) is 12.1 Å². The number of amides is 3. The Labute approximate surface area is 290 Å². The first-order chi connectivity index (χ1) is 23.0. The van der Waals surface area contributed by atoms with E-state index in [2.05, 4.69) is 15.3 Å². The van der Waals surface area contributed by atoms with Crippen molar-refractivity contribution in [2.75, 3.05) is 51.6 Å². The minimum atomic E-state index is -0.555. The van der Waals surface area contributed by atoms with Crippen LogP contribution in [0.3, 0.4) is 0 Å². The number of carbonyl (C=O) groups is 3. The summed E-state index contributed by atoms with van der Waals surface area (Å²) in [5, 5.41) is 2.89. The van der Waals surface area contributed by atoms with E-state index in [0.29, 0.717) is 43.9 Å². The maximum Gasteiger partial charge on any atom is 0.410 e. The fraction of sp³-hybridized carbons (Fsp3) is 0.639. The molecule has 2 aromatic rings. The number of carbonyl (C=O) groups excluding carboxylic acids is 3. The van der Waals surface area contributed by atoms with Gasteiger partial charge in [-0.05, 0) is 90.5 Å². The summed E-state index contributed by atoms with van der Waals surface area (Å²) in [5.41, 5.74) is 8.47. The number of hydrogen-bond acceptors (Lipinski definition) is 10. The van der Waals surface area contributed by atoms with Crippen molar-refractivity contribution in [3.63, 3.8) is 0 Å². The number of rotatable bonds is 8. The van der Waals surface area contributed by atoms with Crippen molar-refractivity contribution >= 4 is 29.7 Å². The van der Waals surface area contributed by atoms with Gasteiger partial charge >= 0.3 is 12.2 Å². The summed E-state index contributed by atoms with van der Waals surface area (Å²) < 4.78 is 21.8. The monoisotopic (exact) mass is 682 g/mol. The molecule has 3 amide bonds. The lowest BCUT2D eigenvalue weighted by atomic mass is 9.96. The number of hydrogen-bond donors (Lipinski definition) is 2. The summed E-state index contributed by atoms with van der Waals surface area (Å²) in [6, 6.07) is 7.61. The lowest BCUT2D eigenvalue weighted by Crippen LogP contribution is -2.34. The van der Waals surface area contributed by atoms with Gasteiger partial charge in [0.15, 0.2) is 0 Å². The Morgan fingerprint density at radius 3 is 1.67 bits per heavy atom. The molecule has 2 aliphatic heterocycles. The summed E-state index contributed by atoms with van der Waals surface area (Å²) >= 11 is 0. The van der Waals surface area contributed by atoms with Crippen molar-refractivity contribution in [3.8, 4) is 0 Å². The van der Waals surface area contributed by atoms with Crippen LogP contribution in [0, 0.1) is 5.92 Å². The molecule has 5 rings (SSSR count). The fourth-order valence-corrected chi connectivity index (χ4v) is 5.50. The summed E-state index contributed by atoms with van der Waals surface area (Å²) in [7, 11) is 3.40. The Morgan fingerprint density at radius 2 is 1.24 bits per heavy atom. The Bertz CT molecular complexity index is 1450. The zero-order valence-electron chi connectivity index (χ0n) is 30.3. The maximum absolute atomic E-state index is 12.3. The Morgan fingerprint density at radius 1 is 0.776 bits per heavy atom. The molecule has 4 heterocycles. The molecule has 2 saturated heterocycles. The van der Waals surface area contributed by atoms with Crippen molar-refractivity contribution in [2.45, 2.75) is 103 Å². The minimum absolute atomic E-state index is 0.0193. The number of anilines is 2. The first kappa shape index (κ1) is 37.8. The Hall–Kier alpha value is -3.97. The van der Waals surface area contributed by atoms with E-state index in [0.717, 1.165) is 61.4 Å². The molecule has 0 radical (unpaired) electrons. The van der Waals surface area contributed by atoms with Crippen molar-refractivity contribution < 1.29 is 33.3 Å². The zero-order chi connectivity index (χ0) is 35.9. The van der Waals surface area contributed by atoms with E-state index in [1.165, 1.54) is 9.80 Å². The summed E-state index contributed by atoms with van der Waals surface area (Å²) in [5.74, 6) is 1.69. The Kier molecular flexibility index (Phi) is 12.5. The van der Waals surface area contributed by atoms with Gasteiger partial charge in [-0.3, -0.25) is 4.79 Å². The molecular formula is C36H54N6O7. The van der Waals surface area contributed by atoms with Gasteiger partial charge in [-0.25, -0.2) is 19.6 Å². The topological polar surface area (TPSA) is 158 Å². The van der Waals surface area contributed by atoms with Gasteiger partial charge in [0.25, 0.3) is 0 Å². The predicted molar refractivity (Wildman–Crippen MR) is 186 cm³/mol. The summed E-state index contributed by atoms with van der Waals surface area (Å²) in [6.45, 7) is 14.6. The molecule has 0 aromatic carbocycles. The van der Waals surface area contributed by atoms with Crippen molar-refractivity contribution in [1.82, 2.24) is 19.8 Å². The minimum Gasteiger partial charge on any atom is -0.444 e. The molecule has 1 aliphatic carbocycles. The molecule has 3 N–H and O–H groups in total. The number of pyridine rings is 2. The number of nitrogens with zero attached hydrogens (tertiary/aromatic N) is 4. The van der Waals surface area contributed by atoms with Crippen LogP contribution in [-0.4, -0.2) is 89.6 Å². The fourth-order valence-electron chi connectivity index (χ4n) is 5.50. The maximum atomic E-state index is 12.3. The first-order valence-electron chi connectivity index (χ1n) is 17.1. The van der Waals surface area contributed by atoms with Crippen LogP contribution >= 0.6 is 0 Å². The summed E-state index contributed by atoms with van der Waals surface area (Å²) in [4.78, 5) is 48.6. The average molecular weight is 683 g/mol. The lowest BCUT2D eigenvalue weighted by Gasteiger charge is -2.25. The van der Waals surface area contributed by atoms with Crippen LogP contribution in [0.4, 0.5) is 21.2 Å². The SMILES string of the molecule is CN(Cc1nc(N)ccc1C1CCOC1)C(=O)OC(C)(C)C.CN(Cc1nc(NC(=O)C2CC2)ccc1C1CCOC1)C(=O)OC(C)(C)C. The molecule has 13 heteroatoms. The number of nitrogen functional groups attached to an aromatic ring is 1. The van der Waals surface area contributed by atoms with E-state index in [9.17, 15) is 14.4 Å². The standard InChI is InChI=1S/C20H29N3O4.C16H25N3O3/c1-20(2,3)27-19(25)23(4)11-16-15(14-9-10-26-12-14)7-8-17(21-16)22-18(24)13-5-6-13;1-16(2,3)22-15(20)19(4)9-13-12(5-6-14(17)18-13)11-7-8-21-10-11/h7-8,13-14H,5-6,9-12H2,1-4H3,(H,21,22,24);5-6,11H,7-10H2,1-4H3,(H2,17,18). The molecule has 3 fully saturated rings. The van der Waals surface area contributed by atoms with Crippen molar-refractivity contribution in [3.05, 3.63) is 46.8 Å². The van der Waals surface area contributed by atoms with E-state index in [1.54, 1.807) is 20.2 Å². The molecule has 2 aromatic heterocycles. The van der Waals surface area contributed by atoms with Gasteiger partial charge in [0.2, 0.25) is 5.91 Å². The van der Waals surface area contributed by atoms with Crippen molar-refractivity contribution in [2.24, 2.45) is 5.92 Å². The summed E-state index contributed by atoms with van der Waals surface area (Å²) in [6.07, 6.45) is 3.01. The Balaban J connectivity index is 0.000000226. The first-order valence-corrected chi connectivity index (χ1v) is 17.1. The van der Waals surface area contributed by atoms with E-state index in [1.807, 2.05) is 59.7 Å². The highest BCUT2D eigenvalue weighted by atomic mass is 16.6. The van der Waals surface area contributed by atoms with Crippen molar-refractivity contribution in [1.29, 1.82) is 0 Å². The number of aromatic nitrogens is 2. The van der Waals surface area contributed by atoms with Gasteiger partial charge in [0, 0.05) is 45.1 Å². The lowest BCUT2D eigenvalue weighted by molar-refractivity contribution is -0.117. The van der Waals surface area contributed by atoms with E-state index in [4.69, 9.17) is 24.7 Å². The molecular weight excluding hydrogens is 628 g/mol. The second-order valence-corrected chi connectivity index (χ2v) is 15.1. The molecule has 2 atom stereocenters. The molecule has 0 spiro atoms. The quantitative estimate of drug-likeness (QED) is 0.347. The molecule has 49 heavy (non-hydrogen) atoms. The molecule has 0 bridgehead atoms. The largest absolute Gasteiger partial charge is 0.444 e. The number of nitrogens with two attached hydrogens (primary N) is 1. The highest BCUT2D eigenvalue weighted by Crippen LogP contribution is 2.32. The van der Waals surface area contributed by atoms with E-state index in [-0.39, 0.29) is 23.8 Å². The molecule has 3 aliphatic rings. The van der Waals surface area contributed by atoms with Crippen LogP contribution in [0.5, 0.6) is 0 Å². The van der Waals surface area contributed by atoms with Gasteiger partial charge in [0.05, 0.1) is 37.7 Å². The van der Waals surface area contributed by atoms with E-state index < -0.39 is 17.3 Å². The van der Waals surface area contributed by atoms with Crippen LogP contribution < -0.4 is 11.1 Å². The average Bonchev–Trinajstić information content (AvgIpc) is 3.44. The van der Waals surface area contributed by atoms with Crippen LogP contribution in [0.2, 0.25) is 0 Å². The van der Waals surface area contributed by atoms with Gasteiger partial charge in [0.1, 0.15) is 22.8 Å². The normalized spacial score (nSPS) is 19.0. The molecule has 1 saturated carbocycles. The predicted octanol–water partition coefficient (Wildman–Crippen LogP) is 5.84. The third kappa shape index (κ3) is 11.8. The highest BCUT2D eigenvalue weighted by Gasteiger charge is 2.31. The smallest absolute Gasteiger partial charge is 0.410 e. The molecule has 270 valence electrons. The van der Waals surface area contributed by atoms with Crippen LogP contribution in [0.15, 0.2) is 24.3 Å². The third-order valence-corrected chi connectivity index (χ3v) is 8.16. The number of nitrogens with one attached hydrogen (secondary N) is 1. The van der Waals surface area contributed by atoms with Crippen LogP contribution in [-0.2, 0) is 36.8 Å².